The molecule has 3 rings (SSSR count). The summed E-state index contributed by atoms with van der Waals surface area (Å²) >= 11 is 0. The number of hydrogen-bond donors (Lipinski definition) is 1. The summed E-state index contributed by atoms with van der Waals surface area (Å²) in [5, 5.41) is 7.16. The summed E-state index contributed by atoms with van der Waals surface area (Å²) in [6.45, 7) is 3.94. The van der Waals surface area contributed by atoms with Crippen LogP contribution in [0.4, 0.5) is 10.1 Å². The Morgan fingerprint density at radius 1 is 1.10 bits per heavy atom. The molecule has 156 valence electrons. The summed E-state index contributed by atoms with van der Waals surface area (Å²) < 4.78 is 20.9. The van der Waals surface area contributed by atoms with Crippen LogP contribution in [0.25, 0.3) is 16.9 Å². The molecule has 0 spiro atoms. The van der Waals surface area contributed by atoms with Gasteiger partial charge in [-0.1, -0.05) is 37.6 Å². The van der Waals surface area contributed by atoms with Crippen LogP contribution in [-0.4, -0.2) is 28.3 Å². The van der Waals surface area contributed by atoms with Gasteiger partial charge in [0.2, 0.25) is 5.91 Å². The summed E-state index contributed by atoms with van der Waals surface area (Å²) in [7, 11) is 0. The molecule has 0 atom stereocenters. The monoisotopic (exact) mass is 409 g/mol. The molecule has 1 N–H and O–H groups in total. The van der Waals surface area contributed by atoms with E-state index in [1.807, 2.05) is 13.0 Å². The molecule has 0 radical (unpaired) electrons. The number of hydrogen-bond acceptors (Lipinski definition) is 4. The largest absolute Gasteiger partial charge is 0.461 e. The number of para-hydroxylation sites is 1. The predicted molar refractivity (Wildman–Crippen MR) is 113 cm³/mol. The lowest BCUT2D eigenvalue weighted by atomic mass is 10.1. The zero-order valence-electron chi connectivity index (χ0n) is 17.0. The summed E-state index contributed by atoms with van der Waals surface area (Å²) in [6, 6.07) is 14.9. The van der Waals surface area contributed by atoms with Gasteiger partial charge in [0.05, 0.1) is 12.3 Å². The van der Waals surface area contributed by atoms with E-state index in [-0.39, 0.29) is 23.9 Å². The first kappa shape index (κ1) is 21.2. The van der Waals surface area contributed by atoms with E-state index >= 15 is 0 Å². The SMILES string of the molecule is CCCCC(=O)Nc1cccc(-c2cc(C(=O)OCC)nn2-c2ccccc2F)c1. The van der Waals surface area contributed by atoms with Crippen LogP contribution >= 0.6 is 0 Å². The fourth-order valence-corrected chi connectivity index (χ4v) is 3.02. The van der Waals surface area contributed by atoms with Gasteiger partial charge in [0, 0.05) is 17.7 Å². The number of nitrogens with one attached hydrogen (secondary N) is 1. The normalized spacial score (nSPS) is 10.6. The van der Waals surface area contributed by atoms with Crippen LogP contribution in [0, 0.1) is 5.82 Å². The summed E-state index contributed by atoms with van der Waals surface area (Å²) in [4.78, 5) is 24.3. The molecule has 7 heteroatoms. The third-order valence-electron chi connectivity index (χ3n) is 4.47. The Morgan fingerprint density at radius 3 is 2.63 bits per heavy atom. The van der Waals surface area contributed by atoms with Crippen molar-refractivity contribution in [3.8, 4) is 16.9 Å². The van der Waals surface area contributed by atoms with Crippen molar-refractivity contribution >= 4 is 17.6 Å². The molecule has 1 aromatic heterocycles. The van der Waals surface area contributed by atoms with E-state index in [9.17, 15) is 14.0 Å². The molecule has 0 bridgehead atoms. The van der Waals surface area contributed by atoms with E-state index in [0.717, 1.165) is 12.8 Å². The van der Waals surface area contributed by atoms with E-state index in [4.69, 9.17) is 4.74 Å². The minimum atomic E-state index is -0.585. The van der Waals surface area contributed by atoms with E-state index in [1.54, 1.807) is 49.4 Å². The highest BCUT2D eigenvalue weighted by Gasteiger charge is 2.19. The maximum Gasteiger partial charge on any atom is 0.358 e. The van der Waals surface area contributed by atoms with Crippen LogP contribution in [0.15, 0.2) is 54.6 Å². The lowest BCUT2D eigenvalue weighted by Gasteiger charge is -2.10. The summed E-state index contributed by atoms with van der Waals surface area (Å²) in [6.07, 6.45) is 2.20. The summed E-state index contributed by atoms with van der Waals surface area (Å²) in [5.74, 6) is -1.12. The van der Waals surface area contributed by atoms with Crippen molar-refractivity contribution in [2.24, 2.45) is 0 Å². The number of carbonyl (C=O) groups excluding carboxylic acids is 2. The molecule has 1 amide bonds. The van der Waals surface area contributed by atoms with Gasteiger partial charge in [-0.15, -0.1) is 0 Å². The maximum absolute atomic E-state index is 14.5. The van der Waals surface area contributed by atoms with Gasteiger partial charge in [0.15, 0.2) is 5.69 Å². The van der Waals surface area contributed by atoms with E-state index < -0.39 is 11.8 Å². The van der Waals surface area contributed by atoms with Gasteiger partial charge in [-0.3, -0.25) is 4.79 Å². The van der Waals surface area contributed by atoms with Crippen molar-refractivity contribution in [2.45, 2.75) is 33.1 Å². The second-order valence-electron chi connectivity index (χ2n) is 6.73. The molecule has 0 saturated carbocycles. The zero-order valence-corrected chi connectivity index (χ0v) is 17.0. The molecule has 0 saturated heterocycles. The second kappa shape index (κ2) is 9.82. The van der Waals surface area contributed by atoms with Crippen LogP contribution in [0.3, 0.4) is 0 Å². The number of carbonyl (C=O) groups is 2. The topological polar surface area (TPSA) is 73.2 Å². The van der Waals surface area contributed by atoms with E-state index in [0.29, 0.717) is 23.4 Å². The Hall–Kier alpha value is -3.48. The Balaban J connectivity index is 2.02. The number of nitrogens with zero attached hydrogens (tertiary/aromatic N) is 2. The highest BCUT2D eigenvalue weighted by molar-refractivity contribution is 5.92. The van der Waals surface area contributed by atoms with Crippen molar-refractivity contribution in [3.05, 3.63) is 66.1 Å². The van der Waals surface area contributed by atoms with Crippen molar-refractivity contribution in [2.75, 3.05) is 11.9 Å². The number of halogens is 1. The van der Waals surface area contributed by atoms with Gasteiger partial charge in [-0.2, -0.15) is 5.10 Å². The van der Waals surface area contributed by atoms with Crippen molar-refractivity contribution in [1.29, 1.82) is 0 Å². The van der Waals surface area contributed by atoms with Gasteiger partial charge in [0.1, 0.15) is 11.5 Å². The third-order valence-corrected chi connectivity index (χ3v) is 4.47. The number of aromatic nitrogens is 2. The fraction of sp³-hybridized carbons (Fsp3) is 0.261. The van der Waals surface area contributed by atoms with Crippen LogP contribution in [0.2, 0.25) is 0 Å². The molecule has 6 nitrogen and oxygen atoms in total. The molecule has 1 heterocycles. The van der Waals surface area contributed by atoms with Gasteiger partial charge in [-0.25, -0.2) is 13.9 Å². The van der Waals surface area contributed by atoms with Crippen LogP contribution in [0.1, 0.15) is 43.6 Å². The van der Waals surface area contributed by atoms with Gasteiger partial charge in [0.25, 0.3) is 0 Å². The third kappa shape index (κ3) is 4.92. The summed E-state index contributed by atoms with van der Waals surface area (Å²) in [5.41, 5.74) is 2.09. The Bertz CT molecular complexity index is 1050. The van der Waals surface area contributed by atoms with Crippen LogP contribution < -0.4 is 5.32 Å². The van der Waals surface area contributed by atoms with Gasteiger partial charge in [-0.05, 0) is 43.7 Å². The first-order valence-corrected chi connectivity index (χ1v) is 9.95. The first-order valence-electron chi connectivity index (χ1n) is 9.95. The maximum atomic E-state index is 14.5. The molecule has 0 fully saturated rings. The minimum Gasteiger partial charge on any atom is -0.461 e. The van der Waals surface area contributed by atoms with Gasteiger partial charge >= 0.3 is 5.97 Å². The highest BCUT2D eigenvalue weighted by atomic mass is 19.1. The molecule has 30 heavy (non-hydrogen) atoms. The molecule has 0 aliphatic heterocycles. The molecule has 0 aliphatic rings. The number of benzene rings is 2. The standard InChI is InChI=1S/C23H24FN3O3/c1-3-5-13-22(28)25-17-10-8-9-16(14-17)21-15-19(23(29)30-4-2)26-27(21)20-12-7-6-11-18(20)24/h6-12,14-15H,3-5,13H2,1-2H3,(H,25,28). The number of amides is 1. The Kier molecular flexibility index (Phi) is 6.95. The first-order chi connectivity index (χ1) is 14.5. The molecule has 0 unspecified atom stereocenters. The minimum absolute atomic E-state index is 0.0659. The van der Waals surface area contributed by atoms with Crippen LogP contribution in [-0.2, 0) is 9.53 Å². The van der Waals surface area contributed by atoms with E-state index in [1.165, 1.54) is 10.7 Å². The van der Waals surface area contributed by atoms with Crippen molar-refractivity contribution < 1.29 is 18.7 Å². The number of anilines is 1. The lowest BCUT2D eigenvalue weighted by Crippen LogP contribution is -2.11. The van der Waals surface area contributed by atoms with Crippen molar-refractivity contribution in [3.63, 3.8) is 0 Å². The second-order valence-corrected chi connectivity index (χ2v) is 6.73. The van der Waals surface area contributed by atoms with E-state index in [2.05, 4.69) is 10.4 Å². The average molecular weight is 409 g/mol. The quantitative estimate of drug-likeness (QED) is 0.532. The zero-order chi connectivity index (χ0) is 21.5. The average Bonchev–Trinajstić information content (AvgIpc) is 3.18. The molecule has 3 aromatic rings. The molecule has 0 aliphatic carbocycles. The van der Waals surface area contributed by atoms with Crippen LogP contribution in [0.5, 0.6) is 0 Å². The fourth-order valence-electron chi connectivity index (χ4n) is 3.02. The lowest BCUT2D eigenvalue weighted by molar-refractivity contribution is -0.116. The molecular formula is C23H24FN3O3. The Morgan fingerprint density at radius 2 is 1.90 bits per heavy atom. The molecular weight excluding hydrogens is 385 g/mol. The van der Waals surface area contributed by atoms with Gasteiger partial charge < -0.3 is 10.1 Å². The smallest absolute Gasteiger partial charge is 0.358 e. The molecule has 2 aromatic carbocycles. The predicted octanol–water partition coefficient (Wildman–Crippen LogP) is 4.98. The number of rotatable bonds is 8. The number of unbranched alkanes of at least 4 members (excludes halogenated alkanes) is 1. The Labute approximate surface area is 174 Å². The number of ether oxygens (including phenoxy) is 1. The highest BCUT2D eigenvalue weighted by Crippen LogP contribution is 2.28. The number of esters is 1. The van der Waals surface area contributed by atoms with Crippen molar-refractivity contribution in [1.82, 2.24) is 9.78 Å².